The summed E-state index contributed by atoms with van der Waals surface area (Å²) in [6, 6.07) is 7.95. The van der Waals surface area contributed by atoms with E-state index in [1.807, 2.05) is 0 Å². The number of ether oxygens (including phenoxy) is 2. The highest BCUT2D eigenvalue weighted by Crippen LogP contribution is 2.23. The Hall–Kier alpha value is -3.29. The number of rotatable bonds is 7. The van der Waals surface area contributed by atoms with Crippen molar-refractivity contribution in [2.45, 2.75) is 6.54 Å². The normalized spacial score (nSPS) is 10.3. The molecule has 0 saturated heterocycles. The van der Waals surface area contributed by atoms with Crippen LogP contribution >= 0.6 is 0 Å². The van der Waals surface area contributed by atoms with Crippen LogP contribution in [0.2, 0.25) is 0 Å². The molecule has 2 rings (SSSR count). The summed E-state index contributed by atoms with van der Waals surface area (Å²) < 4.78 is 11.6. The van der Waals surface area contributed by atoms with E-state index in [-0.39, 0.29) is 12.1 Å². The summed E-state index contributed by atoms with van der Waals surface area (Å²) in [6.07, 6.45) is 1.52. The zero-order chi connectivity index (χ0) is 19.3. The van der Waals surface area contributed by atoms with Crippen molar-refractivity contribution in [2.24, 2.45) is 7.05 Å². The summed E-state index contributed by atoms with van der Waals surface area (Å²) in [4.78, 5) is 37.2. The minimum Gasteiger partial charge on any atom is -0.497 e. The van der Waals surface area contributed by atoms with Crippen molar-refractivity contribution in [1.29, 1.82) is 0 Å². The Kier molecular flexibility index (Phi) is 6.00. The number of carboxylic acids is 1. The largest absolute Gasteiger partial charge is 0.497 e. The molecule has 26 heavy (non-hydrogen) atoms. The predicted octanol–water partition coefficient (Wildman–Crippen LogP) is 1.13. The van der Waals surface area contributed by atoms with Gasteiger partial charge in [-0.3, -0.25) is 14.4 Å². The number of benzene rings is 1. The number of aryl methyl sites for hydroxylation is 1. The highest BCUT2D eigenvalue weighted by molar-refractivity contribution is 5.95. The van der Waals surface area contributed by atoms with Gasteiger partial charge >= 0.3 is 5.97 Å². The van der Waals surface area contributed by atoms with Crippen LogP contribution in [0.3, 0.4) is 0 Å². The fourth-order valence-electron chi connectivity index (χ4n) is 2.47. The molecule has 1 N–H and O–H groups in total. The highest BCUT2D eigenvalue weighted by atomic mass is 16.5. The molecule has 1 amide bonds. The Labute approximate surface area is 150 Å². The van der Waals surface area contributed by atoms with Crippen LogP contribution in [0.25, 0.3) is 0 Å². The maximum absolute atomic E-state index is 12.8. The van der Waals surface area contributed by atoms with Crippen molar-refractivity contribution in [2.75, 3.05) is 20.8 Å². The molecule has 0 aliphatic carbocycles. The van der Waals surface area contributed by atoms with Crippen LogP contribution in [0.1, 0.15) is 15.9 Å². The van der Waals surface area contributed by atoms with Gasteiger partial charge in [0, 0.05) is 25.9 Å². The molecule has 2 aromatic rings. The number of aliphatic carboxylic acids is 1. The molecule has 8 heteroatoms. The van der Waals surface area contributed by atoms with Crippen LogP contribution in [-0.2, 0) is 18.4 Å². The van der Waals surface area contributed by atoms with Crippen LogP contribution in [0.5, 0.6) is 11.5 Å². The van der Waals surface area contributed by atoms with Crippen LogP contribution in [0.15, 0.2) is 41.3 Å². The van der Waals surface area contributed by atoms with Gasteiger partial charge in [-0.2, -0.15) is 0 Å². The van der Waals surface area contributed by atoms with Gasteiger partial charge in [0.05, 0.1) is 14.2 Å². The fourth-order valence-corrected chi connectivity index (χ4v) is 2.47. The molecule has 0 atom stereocenters. The Morgan fingerprint density at radius 3 is 2.31 bits per heavy atom. The second kappa shape index (κ2) is 8.19. The number of hydrogen-bond donors (Lipinski definition) is 1. The number of carboxylic acid groups (broad SMARTS) is 1. The summed E-state index contributed by atoms with van der Waals surface area (Å²) in [5.41, 5.74) is 0.0331. The van der Waals surface area contributed by atoms with Crippen molar-refractivity contribution < 1.29 is 24.2 Å². The van der Waals surface area contributed by atoms with E-state index in [0.717, 1.165) is 4.90 Å². The van der Waals surface area contributed by atoms with E-state index >= 15 is 0 Å². The predicted molar refractivity (Wildman–Crippen MR) is 93.6 cm³/mol. The monoisotopic (exact) mass is 360 g/mol. The molecule has 0 aliphatic rings. The molecule has 0 bridgehead atoms. The number of amides is 1. The number of methoxy groups -OCH3 is 2. The van der Waals surface area contributed by atoms with E-state index in [4.69, 9.17) is 14.6 Å². The van der Waals surface area contributed by atoms with Crippen molar-refractivity contribution >= 4 is 11.9 Å². The van der Waals surface area contributed by atoms with Crippen molar-refractivity contribution in [3.63, 3.8) is 0 Å². The van der Waals surface area contributed by atoms with Crippen LogP contribution in [0.4, 0.5) is 0 Å². The maximum atomic E-state index is 12.8. The van der Waals surface area contributed by atoms with Gasteiger partial charge in [-0.25, -0.2) is 0 Å². The van der Waals surface area contributed by atoms with Crippen molar-refractivity contribution in [1.82, 2.24) is 9.47 Å². The summed E-state index contributed by atoms with van der Waals surface area (Å²) >= 11 is 0. The quantitative estimate of drug-likeness (QED) is 0.795. The Morgan fingerprint density at radius 2 is 1.77 bits per heavy atom. The average molecular weight is 360 g/mol. The van der Waals surface area contributed by atoms with Gasteiger partial charge in [-0.1, -0.05) is 0 Å². The van der Waals surface area contributed by atoms with Gasteiger partial charge < -0.3 is 24.0 Å². The lowest BCUT2D eigenvalue weighted by atomic mass is 10.1. The molecule has 0 unspecified atom stereocenters. The third-order valence-electron chi connectivity index (χ3n) is 3.75. The van der Waals surface area contributed by atoms with E-state index in [0.29, 0.717) is 17.1 Å². The molecule has 0 fully saturated rings. The van der Waals surface area contributed by atoms with E-state index in [9.17, 15) is 14.4 Å². The topological polar surface area (TPSA) is 98.1 Å². The molecule has 0 saturated carbocycles. The van der Waals surface area contributed by atoms with Gasteiger partial charge in [0.1, 0.15) is 23.6 Å². The number of carbonyl (C=O) groups is 2. The molecule has 0 radical (unpaired) electrons. The molecule has 8 nitrogen and oxygen atoms in total. The lowest BCUT2D eigenvalue weighted by Gasteiger charge is -2.21. The van der Waals surface area contributed by atoms with E-state index < -0.39 is 24.0 Å². The Balaban J connectivity index is 2.39. The van der Waals surface area contributed by atoms with Gasteiger partial charge in [0.2, 0.25) is 0 Å². The lowest BCUT2D eigenvalue weighted by molar-refractivity contribution is -0.137. The average Bonchev–Trinajstić information content (AvgIpc) is 2.62. The summed E-state index contributed by atoms with van der Waals surface area (Å²) in [5, 5.41) is 9.16. The molecule has 1 heterocycles. The van der Waals surface area contributed by atoms with Crippen LogP contribution < -0.4 is 15.0 Å². The lowest BCUT2D eigenvalue weighted by Crippen LogP contribution is -2.38. The third kappa shape index (κ3) is 4.41. The van der Waals surface area contributed by atoms with Crippen LogP contribution in [-0.4, -0.2) is 47.2 Å². The molecule has 138 valence electrons. The van der Waals surface area contributed by atoms with Crippen molar-refractivity contribution in [3.05, 3.63) is 58.0 Å². The van der Waals surface area contributed by atoms with Gasteiger partial charge in [-0.05, 0) is 29.8 Å². The van der Waals surface area contributed by atoms with E-state index in [1.54, 1.807) is 24.3 Å². The molecule has 1 aromatic carbocycles. The fraction of sp³-hybridized carbons (Fsp3) is 0.278. The molecule has 0 spiro atoms. The van der Waals surface area contributed by atoms with Gasteiger partial charge in [0.25, 0.3) is 11.5 Å². The number of aromatic nitrogens is 1. The first-order valence-corrected chi connectivity index (χ1v) is 7.74. The maximum Gasteiger partial charge on any atom is 0.323 e. The second-order valence-corrected chi connectivity index (χ2v) is 5.61. The first-order valence-electron chi connectivity index (χ1n) is 7.74. The van der Waals surface area contributed by atoms with Crippen LogP contribution in [0, 0.1) is 0 Å². The van der Waals surface area contributed by atoms with E-state index in [2.05, 4.69) is 0 Å². The van der Waals surface area contributed by atoms with Crippen molar-refractivity contribution in [3.8, 4) is 11.5 Å². The summed E-state index contributed by atoms with van der Waals surface area (Å²) in [6.45, 7) is -0.562. The number of nitrogens with zero attached hydrogens (tertiary/aromatic N) is 2. The number of pyridine rings is 1. The first kappa shape index (κ1) is 19.0. The molecule has 1 aromatic heterocycles. The standard InChI is InChI=1S/C18H20N2O6/c1-19-6-4-5-15(17(19)23)18(24)20(11-16(21)22)10-12-7-13(25-2)9-14(8-12)26-3/h4-9H,10-11H2,1-3H3,(H,21,22). The Bertz CT molecular complexity index is 852. The molecular weight excluding hydrogens is 340 g/mol. The summed E-state index contributed by atoms with van der Waals surface area (Å²) in [7, 11) is 4.51. The SMILES string of the molecule is COc1cc(CN(CC(=O)O)C(=O)c2cccn(C)c2=O)cc(OC)c1. The van der Waals surface area contributed by atoms with Gasteiger partial charge in [-0.15, -0.1) is 0 Å². The van der Waals surface area contributed by atoms with E-state index in [1.165, 1.54) is 38.1 Å². The molecule has 0 aliphatic heterocycles. The van der Waals surface area contributed by atoms with Gasteiger partial charge in [0.15, 0.2) is 0 Å². The zero-order valence-electron chi connectivity index (χ0n) is 14.8. The first-order chi connectivity index (χ1) is 12.3. The Morgan fingerprint density at radius 1 is 1.15 bits per heavy atom. The number of carbonyl (C=O) groups excluding carboxylic acids is 1. The number of hydrogen-bond acceptors (Lipinski definition) is 5. The highest BCUT2D eigenvalue weighted by Gasteiger charge is 2.22. The minimum atomic E-state index is -1.18. The summed E-state index contributed by atoms with van der Waals surface area (Å²) in [5.74, 6) is -0.813. The third-order valence-corrected chi connectivity index (χ3v) is 3.75. The smallest absolute Gasteiger partial charge is 0.323 e. The molecular formula is C18H20N2O6. The second-order valence-electron chi connectivity index (χ2n) is 5.61. The minimum absolute atomic E-state index is 0.0171. The zero-order valence-corrected chi connectivity index (χ0v) is 14.8.